The number of nitro groups is 1. The third kappa shape index (κ3) is 4.18. The van der Waals surface area contributed by atoms with Crippen molar-refractivity contribution in [2.24, 2.45) is 0 Å². The Labute approximate surface area is 127 Å². The molecule has 1 unspecified atom stereocenters. The van der Waals surface area contributed by atoms with E-state index in [1.807, 2.05) is 30.3 Å². The molecule has 1 atom stereocenters. The van der Waals surface area contributed by atoms with Gasteiger partial charge in [0.2, 0.25) is 0 Å². The number of para-hydroxylation sites is 1. The maximum Gasteiger partial charge on any atom is 0.294 e. The first-order chi connectivity index (χ1) is 10.6. The molecule has 4 N–H and O–H groups in total. The molecule has 0 aliphatic rings. The fourth-order valence-electron chi connectivity index (χ4n) is 1.88. The van der Waals surface area contributed by atoms with Crippen molar-refractivity contribution in [3.05, 3.63) is 58.6 Å². The predicted molar refractivity (Wildman–Crippen MR) is 84.4 cm³/mol. The number of aliphatic hydroxyl groups excluding tert-OH is 2. The maximum absolute atomic E-state index is 11.2. The van der Waals surface area contributed by atoms with Crippen molar-refractivity contribution in [2.75, 3.05) is 23.8 Å². The summed E-state index contributed by atoms with van der Waals surface area (Å²) in [6.45, 7) is -0.262. The average molecular weight is 303 g/mol. The molecule has 7 heteroatoms. The highest BCUT2D eigenvalue weighted by Crippen LogP contribution is 2.30. The third-order valence-electron chi connectivity index (χ3n) is 3.00. The van der Waals surface area contributed by atoms with E-state index in [1.54, 1.807) is 12.1 Å². The van der Waals surface area contributed by atoms with Crippen LogP contribution in [0.5, 0.6) is 0 Å². The summed E-state index contributed by atoms with van der Waals surface area (Å²) in [5.74, 6) is 0. The monoisotopic (exact) mass is 303 g/mol. The van der Waals surface area contributed by atoms with Crippen molar-refractivity contribution in [3.63, 3.8) is 0 Å². The second kappa shape index (κ2) is 7.39. The molecule has 22 heavy (non-hydrogen) atoms. The molecule has 0 heterocycles. The van der Waals surface area contributed by atoms with Crippen LogP contribution in [0.15, 0.2) is 48.5 Å². The Morgan fingerprint density at radius 2 is 1.86 bits per heavy atom. The highest BCUT2D eigenvalue weighted by atomic mass is 16.6. The lowest BCUT2D eigenvalue weighted by atomic mass is 10.2. The van der Waals surface area contributed by atoms with Crippen LogP contribution in [0.1, 0.15) is 0 Å². The zero-order valence-corrected chi connectivity index (χ0v) is 11.8. The highest BCUT2D eigenvalue weighted by Gasteiger charge is 2.15. The summed E-state index contributed by atoms with van der Waals surface area (Å²) >= 11 is 0. The average Bonchev–Trinajstić information content (AvgIpc) is 2.54. The van der Waals surface area contributed by atoms with E-state index in [4.69, 9.17) is 5.11 Å². The minimum Gasteiger partial charge on any atom is -0.394 e. The van der Waals surface area contributed by atoms with Gasteiger partial charge in [0.1, 0.15) is 5.69 Å². The van der Waals surface area contributed by atoms with Gasteiger partial charge in [-0.3, -0.25) is 10.1 Å². The number of hydrogen-bond donors (Lipinski definition) is 4. The van der Waals surface area contributed by atoms with E-state index in [-0.39, 0.29) is 18.8 Å². The number of rotatable bonds is 7. The summed E-state index contributed by atoms with van der Waals surface area (Å²) in [5.41, 5.74) is 1.55. The number of nitrogens with zero attached hydrogens (tertiary/aromatic N) is 1. The van der Waals surface area contributed by atoms with E-state index in [0.717, 1.165) is 5.69 Å². The van der Waals surface area contributed by atoms with Gasteiger partial charge >= 0.3 is 0 Å². The minimum absolute atomic E-state index is 0.0765. The predicted octanol–water partition coefficient (Wildman–Crippen LogP) is 2.10. The summed E-state index contributed by atoms with van der Waals surface area (Å²) in [6, 6.07) is 13.8. The van der Waals surface area contributed by atoms with Crippen LogP contribution >= 0.6 is 0 Å². The SMILES string of the molecule is O=[N+]([O-])c1cc(NCC(O)CO)ccc1Nc1ccccc1. The van der Waals surface area contributed by atoms with Crippen LogP contribution in [0, 0.1) is 10.1 Å². The van der Waals surface area contributed by atoms with Crippen molar-refractivity contribution in [3.8, 4) is 0 Å². The first-order valence-electron chi connectivity index (χ1n) is 6.73. The number of benzene rings is 2. The molecule has 2 rings (SSSR count). The fraction of sp³-hybridized carbons (Fsp3) is 0.200. The number of nitro benzene ring substituents is 1. The molecule has 116 valence electrons. The van der Waals surface area contributed by atoms with Crippen LogP contribution in [0.4, 0.5) is 22.7 Å². The second-order valence-corrected chi connectivity index (χ2v) is 4.70. The molecule has 0 saturated carbocycles. The first kappa shape index (κ1) is 15.7. The Hall–Kier alpha value is -2.64. The van der Waals surface area contributed by atoms with Crippen molar-refractivity contribution >= 4 is 22.7 Å². The largest absolute Gasteiger partial charge is 0.394 e. The molecular weight excluding hydrogens is 286 g/mol. The molecule has 0 aliphatic heterocycles. The van der Waals surface area contributed by atoms with E-state index < -0.39 is 11.0 Å². The maximum atomic E-state index is 11.2. The Bertz CT molecular complexity index is 634. The van der Waals surface area contributed by atoms with Crippen molar-refractivity contribution in [1.82, 2.24) is 0 Å². The molecule has 0 aliphatic carbocycles. The van der Waals surface area contributed by atoms with Gasteiger partial charge in [-0.05, 0) is 24.3 Å². The molecule has 0 bridgehead atoms. The zero-order chi connectivity index (χ0) is 15.9. The van der Waals surface area contributed by atoms with E-state index in [0.29, 0.717) is 11.4 Å². The first-order valence-corrected chi connectivity index (χ1v) is 6.73. The molecular formula is C15H17N3O4. The Balaban J connectivity index is 2.18. The van der Waals surface area contributed by atoms with Crippen molar-refractivity contribution < 1.29 is 15.1 Å². The third-order valence-corrected chi connectivity index (χ3v) is 3.00. The van der Waals surface area contributed by atoms with Gasteiger partial charge in [-0.15, -0.1) is 0 Å². The molecule has 2 aromatic rings. The topological polar surface area (TPSA) is 108 Å². The zero-order valence-electron chi connectivity index (χ0n) is 11.8. The fourth-order valence-corrected chi connectivity index (χ4v) is 1.88. The molecule has 0 radical (unpaired) electrons. The molecule has 2 aromatic carbocycles. The lowest BCUT2D eigenvalue weighted by molar-refractivity contribution is -0.383. The number of anilines is 3. The molecule has 0 fully saturated rings. The van der Waals surface area contributed by atoms with Gasteiger partial charge < -0.3 is 20.8 Å². The van der Waals surface area contributed by atoms with E-state index >= 15 is 0 Å². The molecule has 0 amide bonds. The van der Waals surface area contributed by atoms with Gasteiger partial charge in [0, 0.05) is 24.0 Å². The van der Waals surface area contributed by atoms with Crippen LogP contribution in [0.25, 0.3) is 0 Å². The Morgan fingerprint density at radius 3 is 2.50 bits per heavy atom. The van der Waals surface area contributed by atoms with Crippen LogP contribution in [-0.2, 0) is 0 Å². The van der Waals surface area contributed by atoms with E-state index in [2.05, 4.69) is 10.6 Å². The van der Waals surface area contributed by atoms with Gasteiger partial charge in [-0.1, -0.05) is 18.2 Å². The van der Waals surface area contributed by atoms with Crippen LogP contribution in [0.3, 0.4) is 0 Å². The Morgan fingerprint density at radius 1 is 1.14 bits per heavy atom. The standard InChI is InChI=1S/C15H17N3O4/c19-10-13(20)9-16-12-6-7-14(15(8-12)18(21)22)17-11-4-2-1-3-5-11/h1-8,13,16-17,19-20H,9-10H2. The van der Waals surface area contributed by atoms with Gasteiger partial charge in [0.15, 0.2) is 0 Å². The quantitative estimate of drug-likeness (QED) is 0.461. The van der Waals surface area contributed by atoms with Crippen LogP contribution < -0.4 is 10.6 Å². The summed E-state index contributed by atoms with van der Waals surface area (Å²) < 4.78 is 0. The lowest BCUT2D eigenvalue weighted by Gasteiger charge is -2.12. The van der Waals surface area contributed by atoms with Gasteiger partial charge in [0.05, 0.1) is 17.6 Å². The molecule has 7 nitrogen and oxygen atoms in total. The van der Waals surface area contributed by atoms with E-state index in [9.17, 15) is 15.2 Å². The smallest absolute Gasteiger partial charge is 0.294 e. The second-order valence-electron chi connectivity index (χ2n) is 4.70. The van der Waals surface area contributed by atoms with Crippen molar-refractivity contribution in [2.45, 2.75) is 6.10 Å². The molecule has 0 saturated heterocycles. The van der Waals surface area contributed by atoms with Crippen LogP contribution in [0.2, 0.25) is 0 Å². The van der Waals surface area contributed by atoms with Gasteiger partial charge in [-0.2, -0.15) is 0 Å². The summed E-state index contributed by atoms with van der Waals surface area (Å²) in [5, 5.41) is 35.1. The van der Waals surface area contributed by atoms with E-state index in [1.165, 1.54) is 6.07 Å². The number of hydrogen-bond acceptors (Lipinski definition) is 6. The highest BCUT2D eigenvalue weighted by molar-refractivity contribution is 5.73. The summed E-state index contributed by atoms with van der Waals surface area (Å²) in [7, 11) is 0. The van der Waals surface area contributed by atoms with Gasteiger partial charge in [0.25, 0.3) is 5.69 Å². The van der Waals surface area contributed by atoms with Gasteiger partial charge in [-0.25, -0.2) is 0 Å². The number of nitrogens with one attached hydrogen (secondary N) is 2. The number of aliphatic hydroxyl groups is 2. The Kier molecular flexibility index (Phi) is 5.29. The molecule has 0 aromatic heterocycles. The van der Waals surface area contributed by atoms with Crippen LogP contribution in [-0.4, -0.2) is 34.4 Å². The lowest BCUT2D eigenvalue weighted by Crippen LogP contribution is -2.22. The summed E-state index contributed by atoms with van der Waals surface area (Å²) in [4.78, 5) is 10.7. The van der Waals surface area contributed by atoms with Crippen molar-refractivity contribution in [1.29, 1.82) is 0 Å². The molecule has 0 spiro atoms. The normalized spacial score (nSPS) is 11.7. The summed E-state index contributed by atoms with van der Waals surface area (Å²) in [6.07, 6.45) is -0.916. The minimum atomic E-state index is -0.916.